The summed E-state index contributed by atoms with van der Waals surface area (Å²) in [5.41, 5.74) is 3.59. The number of morpholine rings is 1. The van der Waals surface area contributed by atoms with Crippen LogP contribution in [-0.4, -0.2) is 36.6 Å². The molecule has 2 unspecified atom stereocenters. The van der Waals surface area contributed by atoms with Gasteiger partial charge < -0.3 is 15.0 Å². The maximum atomic E-state index is 13.1. The third-order valence-corrected chi connectivity index (χ3v) is 5.46. The van der Waals surface area contributed by atoms with Gasteiger partial charge in [-0.25, -0.2) is 0 Å². The minimum Gasteiger partial charge on any atom is -0.378 e. The van der Waals surface area contributed by atoms with E-state index in [9.17, 15) is 4.79 Å². The molecule has 4 rings (SSSR count). The van der Waals surface area contributed by atoms with E-state index in [-0.39, 0.29) is 30.4 Å². The molecule has 1 N–H and O–H groups in total. The van der Waals surface area contributed by atoms with E-state index in [0.717, 1.165) is 23.6 Å². The summed E-state index contributed by atoms with van der Waals surface area (Å²) in [5.74, 6) is 0.160. The lowest BCUT2D eigenvalue weighted by Gasteiger charge is -2.38. The molecule has 0 saturated carbocycles. The van der Waals surface area contributed by atoms with Gasteiger partial charge in [0.2, 0.25) is 5.91 Å². The minimum atomic E-state index is 0. The Bertz CT molecular complexity index is 779. The van der Waals surface area contributed by atoms with Gasteiger partial charge in [0.15, 0.2) is 0 Å². The van der Waals surface area contributed by atoms with Crippen LogP contribution in [0.5, 0.6) is 0 Å². The summed E-state index contributed by atoms with van der Waals surface area (Å²) in [5, 5.41) is 4.10. The van der Waals surface area contributed by atoms with Crippen LogP contribution in [0.25, 0.3) is 0 Å². The van der Waals surface area contributed by atoms with Crippen LogP contribution >= 0.6 is 24.0 Å². The zero-order chi connectivity index (χ0) is 17.9. The monoisotopic (exact) mass is 406 g/mol. The summed E-state index contributed by atoms with van der Waals surface area (Å²) >= 11 is 6.18. The fraction of sp³-hybridized carbons (Fsp3) is 0.381. The molecule has 0 aliphatic carbocycles. The van der Waals surface area contributed by atoms with E-state index in [0.29, 0.717) is 26.2 Å². The lowest BCUT2D eigenvalue weighted by atomic mass is 9.89. The number of nitrogens with one attached hydrogen (secondary N) is 1. The zero-order valence-electron chi connectivity index (χ0n) is 15.1. The van der Waals surface area contributed by atoms with Gasteiger partial charge in [0, 0.05) is 30.6 Å². The second-order valence-electron chi connectivity index (χ2n) is 7.00. The van der Waals surface area contributed by atoms with Gasteiger partial charge in [0.1, 0.15) is 0 Å². The minimum absolute atomic E-state index is 0. The number of rotatable bonds is 3. The first kappa shape index (κ1) is 20.2. The van der Waals surface area contributed by atoms with Gasteiger partial charge in [0.05, 0.1) is 19.3 Å². The molecule has 2 aliphatic rings. The Balaban J connectivity index is 0.00000210. The molecular formula is C21H24Cl2N2O2. The smallest absolute Gasteiger partial charge is 0.225 e. The van der Waals surface area contributed by atoms with Crippen molar-refractivity contribution in [3.63, 3.8) is 0 Å². The van der Waals surface area contributed by atoms with E-state index in [1.165, 1.54) is 11.1 Å². The third kappa shape index (κ3) is 4.64. The first-order valence-corrected chi connectivity index (χ1v) is 9.51. The van der Waals surface area contributed by atoms with Gasteiger partial charge in [-0.1, -0.05) is 48.0 Å². The lowest BCUT2D eigenvalue weighted by Crippen LogP contribution is -2.46. The van der Waals surface area contributed by atoms with Gasteiger partial charge in [-0.3, -0.25) is 4.79 Å². The number of hydrogen-bond acceptors (Lipinski definition) is 3. The highest BCUT2D eigenvalue weighted by Gasteiger charge is 2.32. The Morgan fingerprint density at radius 2 is 2.00 bits per heavy atom. The molecule has 2 aromatic rings. The normalized spacial score (nSPS) is 21.9. The summed E-state index contributed by atoms with van der Waals surface area (Å²) in [6.07, 6.45) is 1.27. The van der Waals surface area contributed by atoms with Gasteiger partial charge in [0.25, 0.3) is 0 Å². The average molecular weight is 407 g/mol. The second kappa shape index (κ2) is 9.07. The molecular weight excluding hydrogens is 383 g/mol. The molecule has 6 heteroatoms. The molecule has 1 saturated heterocycles. The maximum Gasteiger partial charge on any atom is 0.225 e. The van der Waals surface area contributed by atoms with E-state index in [4.69, 9.17) is 16.3 Å². The predicted molar refractivity (Wildman–Crippen MR) is 109 cm³/mol. The van der Waals surface area contributed by atoms with Crippen LogP contribution in [0.4, 0.5) is 0 Å². The van der Waals surface area contributed by atoms with Crippen molar-refractivity contribution in [3.8, 4) is 0 Å². The van der Waals surface area contributed by atoms with Crippen molar-refractivity contribution < 1.29 is 9.53 Å². The van der Waals surface area contributed by atoms with Gasteiger partial charge in [-0.2, -0.15) is 0 Å². The van der Waals surface area contributed by atoms with Gasteiger partial charge in [-0.05, 0) is 35.2 Å². The number of ether oxygens (including phenoxy) is 1. The topological polar surface area (TPSA) is 41.6 Å². The van der Waals surface area contributed by atoms with Crippen LogP contribution in [0.3, 0.4) is 0 Å². The number of halogens is 2. The van der Waals surface area contributed by atoms with Crippen molar-refractivity contribution in [2.75, 3.05) is 19.8 Å². The van der Waals surface area contributed by atoms with Crippen molar-refractivity contribution in [1.29, 1.82) is 0 Å². The number of carbonyl (C=O) groups excluding carboxylic acids is 1. The molecule has 1 amide bonds. The number of hydrogen-bond donors (Lipinski definition) is 1. The largest absolute Gasteiger partial charge is 0.378 e. The SMILES string of the molecule is Cl.O=C(CC1COCCN1)N1Cc2cc(Cl)ccc2CC1c1ccccc1. The highest BCUT2D eigenvalue weighted by atomic mass is 35.5. The molecule has 144 valence electrons. The van der Waals surface area contributed by atoms with Gasteiger partial charge >= 0.3 is 0 Å². The fourth-order valence-electron chi connectivity index (χ4n) is 3.87. The highest BCUT2D eigenvalue weighted by molar-refractivity contribution is 6.30. The Morgan fingerprint density at radius 3 is 2.74 bits per heavy atom. The molecule has 2 aliphatic heterocycles. The molecule has 2 heterocycles. The number of benzene rings is 2. The number of carbonyl (C=O) groups is 1. The van der Waals surface area contributed by atoms with Crippen molar-refractivity contribution in [3.05, 3.63) is 70.2 Å². The molecule has 0 bridgehead atoms. The van der Waals surface area contributed by atoms with E-state index in [1.807, 2.05) is 35.2 Å². The molecule has 0 aromatic heterocycles. The van der Waals surface area contributed by atoms with Crippen LogP contribution in [0.2, 0.25) is 5.02 Å². The molecule has 1 fully saturated rings. The molecule has 2 aromatic carbocycles. The van der Waals surface area contributed by atoms with Crippen molar-refractivity contribution in [2.24, 2.45) is 0 Å². The van der Waals surface area contributed by atoms with Crippen LogP contribution in [0.15, 0.2) is 48.5 Å². The Labute approximate surface area is 171 Å². The summed E-state index contributed by atoms with van der Waals surface area (Å²) in [4.78, 5) is 15.1. The summed E-state index contributed by atoms with van der Waals surface area (Å²) in [7, 11) is 0. The quantitative estimate of drug-likeness (QED) is 0.843. The third-order valence-electron chi connectivity index (χ3n) is 5.22. The highest BCUT2D eigenvalue weighted by Crippen LogP contribution is 2.35. The van der Waals surface area contributed by atoms with Crippen molar-refractivity contribution in [1.82, 2.24) is 10.2 Å². The molecule has 4 nitrogen and oxygen atoms in total. The van der Waals surface area contributed by atoms with Gasteiger partial charge in [-0.15, -0.1) is 12.4 Å². The molecule has 27 heavy (non-hydrogen) atoms. The zero-order valence-corrected chi connectivity index (χ0v) is 16.6. The summed E-state index contributed by atoms with van der Waals surface area (Å²) < 4.78 is 5.50. The number of nitrogens with zero attached hydrogens (tertiary/aromatic N) is 1. The Hall–Kier alpha value is -1.59. The maximum absolute atomic E-state index is 13.1. The van der Waals surface area contributed by atoms with E-state index < -0.39 is 0 Å². The van der Waals surface area contributed by atoms with Crippen LogP contribution < -0.4 is 5.32 Å². The second-order valence-corrected chi connectivity index (χ2v) is 7.43. The first-order valence-electron chi connectivity index (χ1n) is 9.13. The molecule has 2 atom stereocenters. The van der Waals surface area contributed by atoms with Crippen LogP contribution in [-0.2, 0) is 22.5 Å². The van der Waals surface area contributed by atoms with Crippen LogP contribution in [0.1, 0.15) is 29.2 Å². The summed E-state index contributed by atoms with van der Waals surface area (Å²) in [6.45, 7) is 2.71. The van der Waals surface area contributed by atoms with E-state index in [2.05, 4.69) is 23.5 Å². The van der Waals surface area contributed by atoms with E-state index >= 15 is 0 Å². The molecule has 0 spiro atoms. The standard InChI is InChI=1S/C21H23ClN2O2.ClH/c22-18-7-6-16-11-20(15-4-2-1-3-5-15)24(13-17(16)10-18)21(25)12-19-14-26-9-8-23-19;/h1-7,10,19-20,23H,8-9,11-14H2;1H. The average Bonchev–Trinajstić information content (AvgIpc) is 2.68. The van der Waals surface area contributed by atoms with E-state index in [1.54, 1.807) is 0 Å². The van der Waals surface area contributed by atoms with Crippen molar-refractivity contribution >= 4 is 29.9 Å². The van der Waals surface area contributed by atoms with Crippen LogP contribution in [0, 0.1) is 0 Å². The Kier molecular flexibility index (Phi) is 6.77. The summed E-state index contributed by atoms with van der Waals surface area (Å²) in [6, 6.07) is 16.4. The predicted octanol–water partition coefficient (Wildman–Crippen LogP) is 3.77. The number of amides is 1. The fourth-order valence-corrected chi connectivity index (χ4v) is 4.06. The molecule has 0 radical (unpaired) electrons. The first-order chi connectivity index (χ1) is 12.7. The Morgan fingerprint density at radius 1 is 1.19 bits per heavy atom. The lowest BCUT2D eigenvalue weighted by molar-refractivity contribution is -0.136. The van der Waals surface area contributed by atoms with Crippen molar-refractivity contribution in [2.45, 2.75) is 31.5 Å². The number of fused-ring (bicyclic) bond motifs is 1.